The van der Waals surface area contributed by atoms with Crippen LogP contribution in [0.3, 0.4) is 0 Å². The maximum atomic E-state index is 6.40. The number of aromatic nitrogens is 2. The predicted molar refractivity (Wildman–Crippen MR) is 101 cm³/mol. The number of hydrogen-bond acceptors (Lipinski definition) is 4. The molecule has 0 N–H and O–H groups in total. The number of nitrogens with zero attached hydrogens (tertiary/aromatic N) is 3. The second-order valence-corrected chi connectivity index (χ2v) is 6.62. The van der Waals surface area contributed by atoms with Gasteiger partial charge in [-0.25, -0.2) is 9.97 Å². The number of rotatable bonds is 1. The molecule has 0 amide bonds. The Morgan fingerprint density at radius 1 is 0.958 bits per heavy atom. The summed E-state index contributed by atoms with van der Waals surface area (Å²) < 4.78 is 0. The van der Waals surface area contributed by atoms with Gasteiger partial charge in [-0.1, -0.05) is 47.5 Å². The van der Waals surface area contributed by atoms with E-state index in [0.717, 1.165) is 33.7 Å². The lowest BCUT2D eigenvalue weighted by Crippen LogP contribution is -2.05. The average molecular weight is 372 g/mol. The van der Waals surface area contributed by atoms with Crippen molar-refractivity contribution in [2.45, 2.75) is 11.7 Å². The Kier molecular flexibility index (Phi) is 4.04. The van der Waals surface area contributed by atoms with Crippen molar-refractivity contribution in [3.8, 4) is 11.3 Å². The fourth-order valence-corrected chi connectivity index (χ4v) is 3.35. The molecule has 6 heteroatoms. The summed E-state index contributed by atoms with van der Waals surface area (Å²) in [4.78, 5) is 13.4. The van der Waals surface area contributed by atoms with E-state index in [4.69, 9.17) is 28.2 Å². The second-order valence-electron chi connectivity index (χ2n) is 5.38. The molecular formula is C18H11Cl2N3S. The third-order valence-electron chi connectivity index (χ3n) is 3.88. The SMILES string of the molecule is Sc1ncc2c(n1)-c1ccc(Cl)cc1C(c1ccccc1Cl)=NC2. The lowest BCUT2D eigenvalue weighted by molar-refractivity contribution is 0.930. The molecule has 4 rings (SSSR count). The van der Waals surface area contributed by atoms with Crippen LogP contribution >= 0.6 is 35.8 Å². The predicted octanol–water partition coefficient (Wildman–Crippen LogP) is 5.09. The number of fused-ring (bicyclic) bond motifs is 3. The van der Waals surface area contributed by atoms with E-state index in [-0.39, 0.29) is 0 Å². The van der Waals surface area contributed by atoms with Crippen molar-refractivity contribution in [3.63, 3.8) is 0 Å². The highest BCUT2D eigenvalue weighted by atomic mass is 35.5. The van der Waals surface area contributed by atoms with E-state index in [2.05, 4.69) is 22.6 Å². The number of aliphatic imine (C=N–C) groups is 1. The zero-order valence-electron chi connectivity index (χ0n) is 12.4. The lowest BCUT2D eigenvalue weighted by Gasteiger charge is -2.12. The number of halogens is 2. The fraction of sp³-hybridized carbons (Fsp3) is 0.0556. The van der Waals surface area contributed by atoms with Crippen molar-refractivity contribution in [2.24, 2.45) is 4.99 Å². The van der Waals surface area contributed by atoms with Gasteiger partial charge in [0.15, 0.2) is 5.16 Å². The van der Waals surface area contributed by atoms with Crippen molar-refractivity contribution in [3.05, 3.63) is 75.4 Å². The Morgan fingerprint density at radius 3 is 2.62 bits per heavy atom. The number of hydrogen-bond donors (Lipinski definition) is 1. The topological polar surface area (TPSA) is 38.1 Å². The molecule has 1 aliphatic rings. The number of thiol groups is 1. The largest absolute Gasteiger partial charge is 0.279 e. The van der Waals surface area contributed by atoms with E-state index in [1.54, 1.807) is 6.20 Å². The van der Waals surface area contributed by atoms with E-state index in [0.29, 0.717) is 21.7 Å². The van der Waals surface area contributed by atoms with Crippen molar-refractivity contribution < 1.29 is 0 Å². The van der Waals surface area contributed by atoms with Gasteiger partial charge in [-0.15, -0.1) is 12.6 Å². The fourth-order valence-electron chi connectivity index (χ4n) is 2.80. The van der Waals surface area contributed by atoms with Crippen LogP contribution in [0.2, 0.25) is 10.0 Å². The summed E-state index contributed by atoms with van der Waals surface area (Å²) >= 11 is 16.9. The molecule has 0 spiro atoms. The molecule has 24 heavy (non-hydrogen) atoms. The van der Waals surface area contributed by atoms with Crippen molar-refractivity contribution in [1.29, 1.82) is 0 Å². The first-order chi connectivity index (χ1) is 11.6. The highest BCUT2D eigenvalue weighted by Crippen LogP contribution is 2.34. The standard InChI is InChI=1S/C18H11Cl2N3S/c19-11-5-6-12-14(7-11)17(13-3-1-2-4-15(13)20)21-8-10-9-22-18(24)23-16(10)12/h1-7,9H,8H2,(H,22,23,24). The third kappa shape index (κ3) is 2.71. The molecule has 0 aliphatic carbocycles. The van der Waals surface area contributed by atoms with Gasteiger partial charge in [-0.2, -0.15) is 0 Å². The van der Waals surface area contributed by atoms with Gasteiger partial charge < -0.3 is 0 Å². The first-order valence-corrected chi connectivity index (χ1v) is 8.48. The molecule has 3 aromatic rings. The van der Waals surface area contributed by atoms with Gasteiger partial charge >= 0.3 is 0 Å². The molecule has 2 heterocycles. The molecular weight excluding hydrogens is 361 g/mol. The van der Waals surface area contributed by atoms with Gasteiger partial charge in [0.05, 0.1) is 18.0 Å². The van der Waals surface area contributed by atoms with E-state index in [1.807, 2.05) is 42.5 Å². The quantitative estimate of drug-likeness (QED) is 0.477. The van der Waals surface area contributed by atoms with Crippen LogP contribution in [-0.2, 0) is 6.54 Å². The zero-order valence-corrected chi connectivity index (χ0v) is 14.8. The molecule has 3 nitrogen and oxygen atoms in total. The van der Waals surface area contributed by atoms with Crippen LogP contribution in [0.4, 0.5) is 0 Å². The van der Waals surface area contributed by atoms with Crippen LogP contribution in [-0.4, -0.2) is 15.7 Å². The van der Waals surface area contributed by atoms with Gasteiger partial charge in [0.25, 0.3) is 0 Å². The monoisotopic (exact) mass is 371 g/mol. The maximum absolute atomic E-state index is 6.40. The van der Waals surface area contributed by atoms with Gasteiger partial charge in [0, 0.05) is 38.5 Å². The van der Waals surface area contributed by atoms with Crippen LogP contribution in [0.5, 0.6) is 0 Å². The summed E-state index contributed by atoms with van der Waals surface area (Å²) in [6.45, 7) is 0.468. The van der Waals surface area contributed by atoms with Crippen LogP contribution in [0, 0.1) is 0 Å². The molecule has 2 aromatic carbocycles. The van der Waals surface area contributed by atoms with Crippen molar-refractivity contribution >= 4 is 41.5 Å². The molecule has 1 aromatic heterocycles. The Bertz CT molecular complexity index is 986. The zero-order chi connectivity index (χ0) is 16.7. The Hall–Kier alpha value is -1.88. The summed E-state index contributed by atoms with van der Waals surface area (Å²) in [5.74, 6) is 0. The summed E-state index contributed by atoms with van der Waals surface area (Å²) in [6, 6.07) is 13.3. The Balaban J connectivity index is 2.02. The molecule has 0 saturated carbocycles. The van der Waals surface area contributed by atoms with Crippen LogP contribution in [0.25, 0.3) is 11.3 Å². The van der Waals surface area contributed by atoms with Crippen LogP contribution in [0.15, 0.2) is 58.8 Å². The van der Waals surface area contributed by atoms with Crippen molar-refractivity contribution in [2.75, 3.05) is 0 Å². The van der Waals surface area contributed by atoms with Gasteiger partial charge in [-0.3, -0.25) is 4.99 Å². The van der Waals surface area contributed by atoms with E-state index >= 15 is 0 Å². The molecule has 0 saturated heterocycles. The van der Waals surface area contributed by atoms with E-state index in [9.17, 15) is 0 Å². The highest BCUT2D eigenvalue weighted by Gasteiger charge is 2.22. The summed E-state index contributed by atoms with van der Waals surface area (Å²) in [5, 5.41) is 1.71. The maximum Gasteiger partial charge on any atom is 0.184 e. The van der Waals surface area contributed by atoms with E-state index in [1.165, 1.54) is 0 Å². The van der Waals surface area contributed by atoms with Crippen LogP contribution < -0.4 is 0 Å². The minimum absolute atomic E-state index is 0.427. The molecule has 0 unspecified atom stereocenters. The molecule has 118 valence electrons. The first kappa shape index (κ1) is 15.6. The molecule has 1 aliphatic heterocycles. The molecule has 0 bridgehead atoms. The average Bonchev–Trinajstić information content (AvgIpc) is 2.72. The van der Waals surface area contributed by atoms with Crippen LogP contribution in [0.1, 0.15) is 16.7 Å². The second kappa shape index (κ2) is 6.20. The first-order valence-electron chi connectivity index (χ1n) is 7.28. The minimum atomic E-state index is 0.427. The Labute approximate surface area is 154 Å². The molecule has 0 atom stereocenters. The highest BCUT2D eigenvalue weighted by molar-refractivity contribution is 7.80. The summed E-state index contributed by atoms with van der Waals surface area (Å²) in [7, 11) is 0. The van der Waals surface area contributed by atoms with Gasteiger partial charge in [-0.05, 0) is 18.2 Å². The molecule has 0 fully saturated rings. The third-order valence-corrected chi connectivity index (χ3v) is 4.66. The smallest absolute Gasteiger partial charge is 0.184 e. The Morgan fingerprint density at radius 2 is 1.79 bits per heavy atom. The summed E-state index contributed by atoms with van der Waals surface area (Å²) in [6.07, 6.45) is 1.77. The van der Waals surface area contributed by atoms with Gasteiger partial charge in [0.1, 0.15) is 0 Å². The van der Waals surface area contributed by atoms with Gasteiger partial charge in [0.2, 0.25) is 0 Å². The lowest BCUT2D eigenvalue weighted by atomic mass is 9.95. The normalized spacial score (nSPS) is 12.9. The summed E-state index contributed by atoms with van der Waals surface area (Å²) in [5.41, 5.74) is 5.29. The minimum Gasteiger partial charge on any atom is -0.279 e. The molecule has 0 radical (unpaired) electrons. The van der Waals surface area contributed by atoms with Crippen molar-refractivity contribution in [1.82, 2.24) is 9.97 Å². The van der Waals surface area contributed by atoms with E-state index < -0.39 is 0 Å². The number of benzene rings is 2.